The van der Waals surface area contributed by atoms with Crippen molar-refractivity contribution >= 4 is 28.0 Å². The summed E-state index contributed by atoms with van der Waals surface area (Å²) >= 11 is 1.67. The molecule has 0 radical (unpaired) electrons. The fraction of sp³-hybridized carbons (Fsp3) is 0.393. The highest BCUT2D eigenvalue weighted by Gasteiger charge is 2.25. The van der Waals surface area contributed by atoms with E-state index in [9.17, 15) is 4.79 Å². The highest BCUT2D eigenvalue weighted by Crippen LogP contribution is 2.37. The first-order valence-electron chi connectivity index (χ1n) is 12.2. The quantitative estimate of drug-likeness (QED) is 0.327. The standard InChI is InChI=1S/C28H32N4OS/c1-17(2)27-25(21-9-5-7-18(3)13-21)30-28(34-27)32-23-11-10-19(4)14-22(23)26(31-32)24(33)15-20-8-6-12-29-16-20/h5,7,9-11,13-14,17,20,29H,6,8,12,15-16H2,1-4H3. The van der Waals surface area contributed by atoms with Gasteiger partial charge in [0.1, 0.15) is 5.69 Å². The molecule has 1 fully saturated rings. The van der Waals surface area contributed by atoms with E-state index < -0.39 is 0 Å². The molecule has 1 N–H and O–H groups in total. The third-order valence-corrected chi connectivity index (χ3v) is 7.94. The maximum Gasteiger partial charge on any atom is 0.211 e. The van der Waals surface area contributed by atoms with Gasteiger partial charge in [0, 0.05) is 22.2 Å². The zero-order valence-corrected chi connectivity index (χ0v) is 21.2. The Balaban J connectivity index is 1.60. The van der Waals surface area contributed by atoms with Gasteiger partial charge in [-0.05, 0) is 69.8 Å². The molecule has 0 amide bonds. The molecule has 6 heteroatoms. The lowest BCUT2D eigenvalue weighted by Crippen LogP contribution is -2.31. The van der Waals surface area contributed by atoms with E-state index in [1.165, 1.54) is 10.4 Å². The first kappa shape index (κ1) is 22.9. The number of Topliss-reactive ketones (excluding diaryl/α,β-unsaturated/α-hetero) is 1. The summed E-state index contributed by atoms with van der Waals surface area (Å²) in [5, 5.41) is 10.0. The number of hydrogen-bond donors (Lipinski definition) is 1. The molecule has 0 saturated carbocycles. The average Bonchev–Trinajstić information content (AvgIpc) is 3.42. The largest absolute Gasteiger partial charge is 0.316 e. The average molecular weight is 473 g/mol. The van der Waals surface area contributed by atoms with Crippen LogP contribution in [-0.4, -0.2) is 33.6 Å². The third kappa shape index (κ3) is 4.44. The number of ketones is 1. The van der Waals surface area contributed by atoms with Gasteiger partial charge in [0.2, 0.25) is 5.13 Å². The summed E-state index contributed by atoms with van der Waals surface area (Å²) in [6.07, 6.45) is 2.77. The van der Waals surface area contributed by atoms with Crippen molar-refractivity contribution in [3.63, 3.8) is 0 Å². The van der Waals surface area contributed by atoms with Crippen LogP contribution in [0.1, 0.15) is 65.5 Å². The molecule has 34 heavy (non-hydrogen) atoms. The van der Waals surface area contributed by atoms with Crippen LogP contribution < -0.4 is 5.32 Å². The number of aromatic nitrogens is 3. The van der Waals surface area contributed by atoms with Crippen molar-refractivity contribution in [1.29, 1.82) is 0 Å². The van der Waals surface area contributed by atoms with Gasteiger partial charge in [0.15, 0.2) is 5.78 Å². The van der Waals surface area contributed by atoms with Crippen LogP contribution in [-0.2, 0) is 0 Å². The van der Waals surface area contributed by atoms with Crippen molar-refractivity contribution in [2.24, 2.45) is 5.92 Å². The lowest BCUT2D eigenvalue weighted by molar-refractivity contribution is 0.0950. The van der Waals surface area contributed by atoms with Gasteiger partial charge < -0.3 is 5.32 Å². The molecule has 5 rings (SSSR count). The molecule has 1 saturated heterocycles. The van der Waals surface area contributed by atoms with Crippen molar-refractivity contribution in [2.45, 2.75) is 52.9 Å². The highest BCUT2D eigenvalue weighted by atomic mass is 32.1. The fourth-order valence-electron chi connectivity index (χ4n) is 4.84. The number of aryl methyl sites for hydroxylation is 2. The summed E-state index contributed by atoms with van der Waals surface area (Å²) in [6.45, 7) is 10.5. The summed E-state index contributed by atoms with van der Waals surface area (Å²) in [5.41, 5.74) is 5.99. The predicted octanol–water partition coefficient (Wildman–Crippen LogP) is 6.46. The number of carbonyl (C=O) groups is 1. The number of nitrogens with one attached hydrogen (secondary N) is 1. The minimum absolute atomic E-state index is 0.127. The highest BCUT2D eigenvalue weighted by molar-refractivity contribution is 7.14. The molecule has 176 valence electrons. The van der Waals surface area contributed by atoms with Gasteiger partial charge in [-0.2, -0.15) is 5.10 Å². The molecule has 3 heterocycles. The fourth-order valence-corrected chi connectivity index (χ4v) is 5.90. The number of fused-ring (bicyclic) bond motifs is 1. The number of rotatable bonds is 6. The molecular weight excluding hydrogens is 440 g/mol. The summed E-state index contributed by atoms with van der Waals surface area (Å²) < 4.78 is 1.89. The van der Waals surface area contributed by atoms with Crippen molar-refractivity contribution < 1.29 is 4.79 Å². The molecule has 5 nitrogen and oxygen atoms in total. The van der Waals surface area contributed by atoms with Crippen LogP contribution in [0.25, 0.3) is 27.3 Å². The number of thiazole rings is 1. The monoisotopic (exact) mass is 472 g/mol. The Hall–Kier alpha value is -2.83. The van der Waals surface area contributed by atoms with Crippen molar-refractivity contribution in [1.82, 2.24) is 20.1 Å². The summed E-state index contributed by atoms with van der Waals surface area (Å²) in [7, 11) is 0. The van der Waals surface area contributed by atoms with Gasteiger partial charge in [-0.15, -0.1) is 0 Å². The SMILES string of the molecule is Cc1cccc(-c2nc(-n3nc(C(=O)CC4CCCNC4)c4cc(C)ccc43)sc2C(C)C)c1. The Morgan fingerprint density at radius 2 is 2.00 bits per heavy atom. The number of carbonyl (C=O) groups excluding carboxylic acids is 1. The maximum atomic E-state index is 13.4. The van der Waals surface area contributed by atoms with Crippen LogP contribution >= 0.6 is 11.3 Å². The maximum absolute atomic E-state index is 13.4. The van der Waals surface area contributed by atoms with E-state index in [1.807, 2.05) is 4.68 Å². The Kier molecular flexibility index (Phi) is 6.36. The minimum Gasteiger partial charge on any atom is -0.316 e. The molecule has 4 aromatic rings. The van der Waals surface area contributed by atoms with E-state index in [0.29, 0.717) is 24.0 Å². The van der Waals surface area contributed by atoms with E-state index in [-0.39, 0.29) is 5.78 Å². The molecule has 1 unspecified atom stereocenters. The number of hydrogen-bond acceptors (Lipinski definition) is 5. The molecular formula is C28H32N4OS. The van der Waals surface area contributed by atoms with Gasteiger partial charge in [-0.3, -0.25) is 4.79 Å². The van der Waals surface area contributed by atoms with Crippen LogP contribution in [0.5, 0.6) is 0 Å². The third-order valence-electron chi connectivity index (χ3n) is 6.61. The smallest absolute Gasteiger partial charge is 0.211 e. The molecule has 1 aliphatic heterocycles. The topological polar surface area (TPSA) is 59.8 Å². The van der Waals surface area contributed by atoms with Crippen LogP contribution in [0.15, 0.2) is 42.5 Å². The van der Waals surface area contributed by atoms with E-state index in [2.05, 4.69) is 75.5 Å². The molecule has 2 aromatic heterocycles. The van der Waals surface area contributed by atoms with Crippen LogP contribution in [0.3, 0.4) is 0 Å². The van der Waals surface area contributed by atoms with Crippen molar-refractivity contribution in [3.8, 4) is 16.4 Å². The molecule has 2 aromatic carbocycles. The second-order valence-electron chi connectivity index (χ2n) is 9.85. The zero-order valence-electron chi connectivity index (χ0n) is 20.4. The molecule has 0 spiro atoms. The number of piperidine rings is 1. The lowest BCUT2D eigenvalue weighted by atomic mass is 9.92. The van der Waals surface area contributed by atoms with Gasteiger partial charge in [-0.25, -0.2) is 9.67 Å². The minimum atomic E-state index is 0.127. The van der Waals surface area contributed by atoms with Crippen LogP contribution in [0.4, 0.5) is 0 Å². The zero-order chi connectivity index (χ0) is 23.8. The van der Waals surface area contributed by atoms with E-state index >= 15 is 0 Å². The Morgan fingerprint density at radius 3 is 2.74 bits per heavy atom. The van der Waals surface area contributed by atoms with Gasteiger partial charge in [-0.1, -0.05) is 60.6 Å². The van der Waals surface area contributed by atoms with Crippen molar-refractivity contribution in [3.05, 3.63) is 64.2 Å². The predicted molar refractivity (Wildman–Crippen MR) is 140 cm³/mol. The number of nitrogens with zero attached hydrogens (tertiary/aromatic N) is 3. The summed E-state index contributed by atoms with van der Waals surface area (Å²) in [4.78, 5) is 19.7. The summed E-state index contributed by atoms with van der Waals surface area (Å²) in [6, 6.07) is 14.7. The Morgan fingerprint density at radius 1 is 1.18 bits per heavy atom. The second-order valence-corrected chi connectivity index (χ2v) is 10.9. The molecule has 0 bridgehead atoms. The first-order valence-corrected chi connectivity index (χ1v) is 13.0. The van der Waals surface area contributed by atoms with Gasteiger partial charge in [0.25, 0.3) is 0 Å². The second kappa shape index (κ2) is 9.43. The van der Waals surface area contributed by atoms with Gasteiger partial charge >= 0.3 is 0 Å². The normalized spacial score (nSPS) is 16.4. The molecule has 1 aliphatic rings. The van der Waals surface area contributed by atoms with Crippen LogP contribution in [0.2, 0.25) is 0 Å². The number of benzene rings is 2. The van der Waals surface area contributed by atoms with Crippen LogP contribution in [0, 0.1) is 19.8 Å². The molecule has 0 aliphatic carbocycles. The van der Waals surface area contributed by atoms with E-state index in [1.54, 1.807) is 11.3 Å². The summed E-state index contributed by atoms with van der Waals surface area (Å²) in [5.74, 6) is 0.847. The Labute approximate surface area is 205 Å². The lowest BCUT2D eigenvalue weighted by Gasteiger charge is -2.21. The first-order chi connectivity index (χ1) is 16.4. The van der Waals surface area contributed by atoms with Crippen molar-refractivity contribution in [2.75, 3.05) is 13.1 Å². The van der Waals surface area contributed by atoms with E-state index in [4.69, 9.17) is 10.1 Å². The van der Waals surface area contributed by atoms with Gasteiger partial charge in [0.05, 0.1) is 11.2 Å². The molecule has 1 atom stereocenters. The Bertz CT molecular complexity index is 1340. The van der Waals surface area contributed by atoms with E-state index in [0.717, 1.165) is 58.8 Å².